The van der Waals surface area contributed by atoms with Gasteiger partial charge in [0.15, 0.2) is 0 Å². The Kier molecular flexibility index (Phi) is 4.09. The van der Waals surface area contributed by atoms with E-state index >= 15 is 0 Å². The van der Waals surface area contributed by atoms with E-state index in [1.807, 2.05) is 12.4 Å². The Morgan fingerprint density at radius 1 is 1.37 bits per heavy atom. The van der Waals surface area contributed by atoms with Gasteiger partial charge in [0.1, 0.15) is 5.82 Å². The van der Waals surface area contributed by atoms with Crippen molar-refractivity contribution in [3.05, 3.63) is 18.1 Å². The van der Waals surface area contributed by atoms with Gasteiger partial charge in [-0.2, -0.15) is 0 Å². The monoisotopic (exact) mass is 262 g/mol. The van der Waals surface area contributed by atoms with E-state index in [2.05, 4.69) is 54.9 Å². The van der Waals surface area contributed by atoms with Crippen molar-refractivity contribution < 1.29 is 0 Å². The summed E-state index contributed by atoms with van der Waals surface area (Å²) in [6.07, 6.45) is 5.05. The molecule has 4 nitrogen and oxygen atoms in total. The van der Waals surface area contributed by atoms with E-state index in [0.717, 1.165) is 36.4 Å². The molecule has 1 aromatic heterocycles. The molecule has 1 heterocycles. The molecule has 106 valence electrons. The zero-order chi connectivity index (χ0) is 14.0. The molecule has 0 spiro atoms. The Balaban J connectivity index is 1.94. The summed E-state index contributed by atoms with van der Waals surface area (Å²) in [6, 6.07) is 0. The van der Waals surface area contributed by atoms with Crippen LogP contribution in [0.5, 0.6) is 0 Å². The van der Waals surface area contributed by atoms with Crippen molar-refractivity contribution in [3.63, 3.8) is 0 Å². The predicted molar refractivity (Wildman–Crippen MR) is 79.2 cm³/mol. The zero-order valence-electron chi connectivity index (χ0n) is 12.8. The molecule has 0 aromatic carbocycles. The van der Waals surface area contributed by atoms with Gasteiger partial charge in [0, 0.05) is 31.9 Å². The molecule has 1 aromatic rings. The normalized spacial score (nSPS) is 22.4. The van der Waals surface area contributed by atoms with Crippen LogP contribution in [0.3, 0.4) is 0 Å². The Morgan fingerprint density at radius 3 is 2.63 bits per heavy atom. The number of aromatic nitrogens is 2. The highest BCUT2D eigenvalue weighted by atomic mass is 15.2. The lowest BCUT2D eigenvalue weighted by Gasteiger charge is -2.21. The molecule has 2 unspecified atom stereocenters. The molecule has 0 aliphatic heterocycles. The lowest BCUT2D eigenvalue weighted by molar-refractivity contribution is 0.421. The Bertz CT molecular complexity index is 424. The van der Waals surface area contributed by atoms with Crippen molar-refractivity contribution in [1.29, 1.82) is 0 Å². The second kappa shape index (κ2) is 5.45. The number of anilines is 1. The Hall–Kier alpha value is -1.16. The zero-order valence-corrected chi connectivity index (χ0v) is 12.8. The molecule has 0 bridgehead atoms. The molecule has 1 fully saturated rings. The summed E-state index contributed by atoms with van der Waals surface area (Å²) in [7, 11) is 2.11. The maximum absolute atomic E-state index is 4.68. The van der Waals surface area contributed by atoms with Gasteiger partial charge in [-0.3, -0.25) is 4.98 Å². The molecule has 1 N–H and O–H groups in total. The second-order valence-corrected chi connectivity index (χ2v) is 6.83. The highest BCUT2D eigenvalue weighted by Gasteiger charge is 2.33. The highest BCUT2D eigenvalue weighted by Crippen LogP contribution is 2.38. The van der Waals surface area contributed by atoms with Crippen molar-refractivity contribution in [2.45, 2.75) is 46.2 Å². The predicted octanol–water partition coefficient (Wildman–Crippen LogP) is 2.46. The molecule has 0 amide bonds. The standard InChI is InChI=1S/C15H26N4/c1-11-6-12(11)10-19(5)14-9-16-7-13(18-14)8-17-15(2,3)4/h7,9,11-12,17H,6,8,10H2,1-5H3. The number of nitrogens with one attached hydrogen (secondary N) is 1. The summed E-state index contributed by atoms with van der Waals surface area (Å²) in [5, 5.41) is 3.44. The number of rotatable bonds is 5. The summed E-state index contributed by atoms with van der Waals surface area (Å²) in [4.78, 5) is 11.2. The van der Waals surface area contributed by atoms with E-state index < -0.39 is 0 Å². The molecular formula is C15H26N4. The van der Waals surface area contributed by atoms with Crippen LogP contribution in [-0.4, -0.2) is 29.1 Å². The van der Waals surface area contributed by atoms with Gasteiger partial charge < -0.3 is 10.2 Å². The first-order valence-corrected chi connectivity index (χ1v) is 7.12. The Morgan fingerprint density at radius 2 is 2.05 bits per heavy atom. The fraction of sp³-hybridized carbons (Fsp3) is 0.733. The minimum Gasteiger partial charge on any atom is -0.358 e. The van der Waals surface area contributed by atoms with Crippen molar-refractivity contribution in [2.75, 3.05) is 18.5 Å². The van der Waals surface area contributed by atoms with Crippen LogP contribution in [0, 0.1) is 11.8 Å². The van der Waals surface area contributed by atoms with E-state index in [1.165, 1.54) is 6.42 Å². The van der Waals surface area contributed by atoms with Gasteiger partial charge in [-0.05, 0) is 39.0 Å². The first-order valence-electron chi connectivity index (χ1n) is 7.12. The molecular weight excluding hydrogens is 236 g/mol. The average Bonchev–Trinajstić information content (AvgIpc) is 3.02. The molecule has 19 heavy (non-hydrogen) atoms. The first-order chi connectivity index (χ1) is 8.85. The van der Waals surface area contributed by atoms with Crippen molar-refractivity contribution in [1.82, 2.24) is 15.3 Å². The summed E-state index contributed by atoms with van der Waals surface area (Å²) in [5.74, 6) is 2.69. The van der Waals surface area contributed by atoms with Crippen LogP contribution in [0.1, 0.15) is 39.8 Å². The lowest BCUT2D eigenvalue weighted by Crippen LogP contribution is -2.35. The molecule has 4 heteroatoms. The molecule has 2 atom stereocenters. The molecule has 1 aliphatic carbocycles. The molecule has 2 rings (SSSR count). The maximum atomic E-state index is 4.68. The first kappa shape index (κ1) is 14.3. The molecule has 1 aliphatic rings. The number of hydrogen-bond donors (Lipinski definition) is 1. The van der Waals surface area contributed by atoms with Crippen LogP contribution in [0.15, 0.2) is 12.4 Å². The lowest BCUT2D eigenvalue weighted by atomic mass is 10.1. The molecule has 0 radical (unpaired) electrons. The quantitative estimate of drug-likeness (QED) is 0.885. The van der Waals surface area contributed by atoms with Crippen molar-refractivity contribution >= 4 is 5.82 Å². The third-order valence-electron chi connectivity index (χ3n) is 3.65. The van der Waals surface area contributed by atoms with Gasteiger partial charge in [-0.15, -0.1) is 0 Å². The van der Waals surface area contributed by atoms with E-state index in [-0.39, 0.29) is 5.54 Å². The SMILES string of the molecule is CC1CC1CN(C)c1cncc(CNC(C)(C)C)n1. The number of nitrogens with zero attached hydrogens (tertiary/aromatic N) is 3. The summed E-state index contributed by atoms with van der Waals surface area (Å²) >= 11 is 0. The smallest absolute Gasteiger partial charge is 0.147 e. The van der Waals surface area contributed by atoms with Gasteiger partial charge in [0.25, 0.3) is 0 Å². The van der Waals surface area contributed by atoms with Gasteiger partial charge in [0.2, 0.25) is 0 Å². The third-order valence-corrected chi connectivity index (χ3v) is 3.65. The third kappa shape index (κ3) is 4.46. The van der Waals surface area contributed by atoms with E-state index in [1.54, 1.807) is 0 Å². The van der Waals surface area contributed by atoms with Crippen LogP contribution < -0.4 is 10.2 Å². The number of hydrogen-bond acceptors (Lipinski definition) is 4. The minimum atomic E-state index is 0.104. The molecule has 0 saturated heterocycles. The fourth-order valence-corrected chi connectivity index (χ4v) is 2.12. The van der Waals surface area contributed by atoms with Crippen LogP contribution in [0.25, 0.3) is 0 Å². The summed E-state index contributed by atoms with van der Waals surface area (Å²) in [5.41, 5.74) is 1.11. The largest absolute Gasteiger partial charge is 0.358 e. The molecule has 1 saturated carbocycles. The van der Waals surface area contributed by atoms with Crippen LogP contribution >= 0.6 is 0 Å². The van der Waals surface area contributed by atoms with Crippen LogP contribution in [-0.2, 0) is 6.54 Å². The maximum Gasteiger partial charge on any atom is 0.147 e. The van der Waals surface area contributed by atoms with E-state index in [4.69, 9.17) is 0 Å². The minimum absolute atomic E-state index is 0.104. The van der Waals surface area contributed by atoms with E-state index in [9.17, 15) is 0 Å². The highest BCUT2D eigenvalue weighted by molar-refractivity contribution is 5.35. The fourth-order valence-electron chi connectivity index (χ4n) is 2.12. The van der Waals surface area contributed by atoms with E-state index in [0.29, 0.717) is 0 Å². The van der Waals surface area contributed by atoms with Crippen LogP contribution in [0.4, 0.5) is 5.82 Å². The van der Waals surface area contributed by atoms with Crippen molar-refractivity contribution in [3.8, 4) is 0 Å². The van der Waals surface area contributed by atoms with Gasteiger partial charge in [0.05, 0.1) is 11.9 Å². The van der Waals surface area contributed by atoms with Gasteiger partial charge >= 0.3 is 0 Å². The summed E-state index contributed by atoms with van der Waals surface area (Å²) < 4.78 is 0. The van der Waals surface area contributed by atoms with Gasteiger partial charge in [-0.1, -0.05) is 6.92 Å². The topological polar surface area (TPSA) is 41.1 Å². The van der Waals surface area contributed by atoms with Crippen LogP contribution in [0.2, 0.25) is 0 Å². The average molecular weight is 262 g/mol. The van der Waals surface area contributed by atoms with Crippen molar-refractivity contribution in [2.24, 2.45) is 11.8 Å². The summed E-state index contributed by atoms with van der Waals surface area (Å²) in [6.45, 7) is 10.6. The Labute approximate surface area is 116 Å². The second-order valence-electron chi connectivity index (χ2n) is 6.83. The van der Waals surface area contributed by atoms with Gasteiger partial charge in [-0.25, -0.2) is 4.98 Å².